The highest BCUT2D eigenvalue weighted by atomic mass is 79.9. The number of thioether (sulfide) groups is 1. The van der Waals surface area contributed by atoms with E-state index in [0.717, 1.165) is 37.1 Å². The van der Waals surface area contributed by atoms with Gasteiger partial charge in [-0.2, -0.15) is 0 Å². The van der Waals surface area contributed by atoms with E-state index in [1.807, 2.05) is 60.7 Å². The van der Waals surface area contributed by atoms with Crippen LogP contribution in [0.1, 0.15) is 22.8 Å². The number of nitrogens with zero attached hydrogens (tertiary/aromatic N) is 1. The van der Waals surface area contributed by atoms with E-state index in [1.165, 1.54) is 16.2 Å². The number of H-pyrrole nitrogens is 1. The van der Waals surface area contributed by atoms with Crippen molar-refractivity contribution in [2.24, 2.45) is 29.6 Å². The highest BCUT2D eigenvalue weighted by Gasteiger charge is 2.69. The predicted molar refractivity (Wildman–Crippen MR) is 195 cm³/mol. The van der Waals surface area contributed by atoms with Gasteiger partial charge in [0.2, 0.25) is 11.8 Å². The Kier molecular flexibility index (Phi) is 7.53. The second-order valence-electron chi connectivity index (χ2n) is 13.0. The molecule has 1 aromatic heterocycles. The number of benzene rings is 4. The number of thiazole rings is 1. The number of hydrogen-bond acceptors (Lipinski definition) is 7. The van der Waals surface area contributed by atoms with Crippen LogP contribution < -0.4 is 19.8 Å². The Morgan fingerprint density at radius 2 is 1.71 bits per heavy atom. The number of fused-ring (bicyclic) bond motifs is 10. The lowest BCUT2D eigenvalue weighted by atomic mass is 9.68. The number of hydrogen-bond donors (Lipinski definition) is 2. The molecule has 3 amide bonds. The van der Waals surface area contributed by atoms with Gasteiger partial charge in [0, 0.05) is 42.2 Å². The molecule has 3 heterocycles. The quantitative estimate of drug-likeness (QED) is 0.171. The summed E-state index contributed by atoms with van der Waals surface area (Å²) in [5.74, 6) is -1.35. The molecule has 0 spiro atoms. The van der Waals surface area contributed by atoms with Crippen LogP contribution in [0.15, 0.2) is 99.2 Å². The Morgan fingerprint density at radius 1 is 0.959 bits per heavy atom. The van der Waals surface area contributed by atoms with E-state index in [1.54, 1.807) is 36.0 Å². The van der Waals surface area contributed by atoms with Crippen molar-refractivity contribution >= 4 is 90.5 Å². The average Bonchev–Trinajstić information content (AvgIpc) is 3.83. The fourth-order valence-electron chi connectivity index (χ4n) is 8.77. The zero-order valence-electron chi connectivity index (χ0n) is 25.6. The number of carbonyl (C=O) groups excluding carboxylic acids is 3. The maximum absolute atomic E-state index is 14.1. The third-order valence-corrected chi connectivity index (χ3v) is 13.9. The van der Waals surface area contributed by atoms with Crippen molar-refractivity contribution in [3.05, 3.63) is 115 Å². The third kappa shape index (κ3) is 4.99. The fourth-order valence-corrected chi connectivity index (χ4v) is 12.2. The van der Waals surface area contributed by atoms with E-state index in [-0.39, 0.29) is 58.1 Å². The summed E-state index contributed by atoms with van der Waals surface area (Å²) in [6, 6.07) is 26.2. The fraction of sp³-hybridized carbons (Fsp3) is 0.243. The Labute approximate surface area is 302 Å². The van der Waals surface area contributed by atoms with Crippen LogP contribution in [0.2, 0.25) is 5.02 Å². The number of carbonyl (C=O) groups is 3. The minimum Gasteiger partial charge on any atom is -0.483 e. The first-order valence-electron chi connectivity index (χ1n) is 16.0. The van der Waals surface area contributed by atoms with Gasteiger partial charge in [0.25, 0.3) is 5.91 Å². The summed E-state index contributed by atoms with van der Waals surface area (Å²) in [5.41, 5.74) is 2.08. The van der Waals surface area contributed by atoms with Gasteiger partial charge in [0.05, 0.1) is 22.5 Å². The molecule has 2 bridgehead atoms. The summed E-state index contributed by atoms with van der Waals surface area (Å²) in [7, 11) is 0. The number of amides is 3. The van der Waals surface area contributed by atoms with Crippen LogP contribution in [0, 0.1) is 29.6 Å². The number of aromatic amines is 1. The van der Waals surface area contributed by atoms with Crippen molar-refractivity contribution in [1.82, 2.24) is 4.98 Å². The first-order chi connectivity index (χ1) is 23.8. The van der Waals surface area contributed by atoms with E-state index in [9.17, 15) is 19.2 Å². The lowest BCUT2D eigenvalue weighted by Crippen LogP contribution is -2.42. The molecular weight excluding hydrogens is 746 g/mol. The normalized spacial score (nSPS) is 26.5. The summed E-state index contributed by atoms with van der Waals surface area (Å²) >= 11 is 12.6. The molecule has 1 saturated heterocycles. The molecule has 4 aromatic carbocycles. The first kappa shape index (κ1) is 31.1. The lowest BCUT2D eigenvalue weighted by Gasteiger charge is -2.43. The molecular formula is C37H27BrClN3O5S2. The van der Waals surface area contributed by atoms with Crippen LogP contribution >= 0.6 is 50.6 Å². The van der Waals surface area contributed by atoms with Gasteiger partial charge in [-0.25, -0.2) is 0 Å². The van der Waals surface area contributed by atoms with E-state index >= 15 is 0 Å². The SMILES string of the molecule is O=C(COc1ccc(Br)cc1[C@H]1c2sc(=O)[nH]c2SC2C1[C@H]1C[C@@H]2C2C(=O)N(c3ccc(Cl)cc3)C(=O)C21)Nc1cccc2ccccc12. The van der Waals surface area contributed by atoms with Crippen molar-refractivity contribution in [2.75, 3.05) is 16.8 Å². The molecule has 2 saturated carbocycles. The molecule has 2 aliphatic carbocycles. The van der Waals surface area contributed by atoms with Gasteiger partial charge in [-0.15, -0.1) is 11.8 Å². The largest absolute Gasteiger partial charge is 0.483 e. The molecule has 2 N–H and O–H groups in total. The summed E-state index contributed by atoms with van der Waals surface area (Å²) < 4.78 is 7.12. The van der Waals surface area contributed by atoms with Crippen molar-refractivity contribution < 1.29 is 19.1 Å². The maximum atomic E-state index is 14.1. The van der Waals surface area contributed by atoms with E-state index < -0.39 is 11.8 Å². The summed E-state index contributed by atoms with van der Waals surface area (Å²) in [5, 5.41) is 6.30. The molecule has 5 aromatic rings. The highest BCUT2D eigenvalue weighted by Crippen LogP contribution is 2.69. The zero-order valence-corrected chi connectivity index (χ0v) is 29.6. The van der Waals surface area contributed by atoms with Crippen molar-refractivity contribution in [1.29, 1.82) is 0 Å². The molecule has 49 heavy (non-hydrogen) atoms. The van der Waals surface area contributed by atoms with Gasteiger partial charge in [-0.05, 0) is 78.1 Å². The number of imide groups is 1. The molecule has 0 radical (unpaired) electrons. The van der Waals surface area contributed by atoms with Crippen molar-refractivity contribution in [3.63, 3.8) is 0 Å². The molecule has 9 rings (SSSR count). The number of aromatic nitrogens is 1. The van der Waals surface area contributed by atoms with E-state index in [0.29, 0.717) is 22.1 Å². The van der Waals surface area contributed by atoms with Crippen molar-refractivity contribution in [3.8, 4) is 5.75 Å². The number of rotatable bonds is 6. The third-order valence-electron chi connectivity index (χ3n) is 10.5. The van der Waals surface area contributed by atoms with Crippen molar-refractivity contribution in [2.45, 2.75) is 22.6 Å². The second kappa shape index (κ2) is 11.9. The molecule has 246 valence electrons. The Balaban J connectivity index is 1.05. The van der Waals surface area contributed by atoms with Crippen LogP contribution in [0.4, 0.5) is 11.4 Å². The van der Waals surface area contributed by atoms with Gasteiger partial charge in [-0.3, -0.25) is 24.1 Å². The summed E-state index contributed by atoms with van der Waals surface area (Å²) in [6.45, 7) is -0.219. The number of halogens is 2. The van der Waals surface area contributed by atoms with Crippen LogP contribution in [-0.2, 0) is 14.4 Å². The average molecular weight is 773 g/mol. The van der Waals surface area contributed by atoms with Crippen LogP contribution in [0.25, 0.3) is 10.8 Å². The topological polar surface area (TPSA) is 109 Å². The molecule has 2 aliphatic heterocycles. The zero-order chi connectivity index (χ0) is 33.6. The smallest absolute Gasteiger partial charge is 0.305 e. The van der Waals surface area contributed by atoms with Crippen LogP contribution in [0.5, 0.6) is 5.75 Å². The van der Waals surface area contributed by atoms with Crippen LogP contribution in [-0.4, -0.2) is 34.6 Å². The summed E-state index contributed by atoms with van der Waals surface area (Å²) in [4.78, 5) is 59.3. The molecule has 12 heteroatoms. The molecule has 3 fully saturated rings. The van der Waals surface area contributed by atoms with Crippen LogP contribution in [0.3, 0.4) is 0 Å². The Bertz CT molecular complexity index is 2250. The van der Waals surface area contributed by atoms with Gasteiger partial charge in [0.15, 0.2) is 6.61 Å². The highest BCUT2D eigenvalue weighted by molar-refractivity contribution is 9.10. The molecule has 4 aliphatic rings. The molecule has 4 unspecified atom stereocenters. The van der Waals surface area contributed by atoms with E-state index in [2.05, 4.69) is 26.2 Å². The Hall–Kier alpha value is -3.90. The van der Waals surface area contributed by atoms with Gasteiger partial charge < -0.3 is 15.0 Å². The number of ether oxygens (including phenoxy) is 1. The van der Waals surface area contributed by atoms with Gasteiger partial charge >= 0.3 is 4.87 Å². The standard InChI is InChI=1S/C37H27BrClN3O5S2/c38-18-8-13-26(47-16-27(43)40-25-7-3-5-17-4-1-2-6-21(17)25)22(14-18)28-29-23-15-24(32(29)48-34-33(28)49-37(46)41-34)31-30(23)35(44)42(36(31)45)20-11-9-19(39)10-12-20/h1-14,23-24,28-32H,15-16H2,(H,40,43)(H,41,46)/t23-,24-,28-,29?,30?,31?,32?/m1/s1. The maximum Gasteiger partial charge on any atom is 0.305 e. The number of nitrogens with one attached hydrogen (secondary N) is 2. The van der Waals surface area contributed by atoms with Gasteiger partial charge in [-0.1, -0.05) is 75.3 Å². The van der Waals surface area contributed by atoms with Gasteiger partial charge in [0.1, 0.15) is 5.75 Å². The second-order valence-corrected chi connectivity index (χ2v) is 16.5. The monoisotopic (exact) mass is 771 g/mol. The van der Waals surface area contributed by atoms with E-state index in [4.69, 9.17) is 16.3 Å². The Morgan fingerprint density at radius 3 is 2.53 bits per heavy atom. The number of anilines is 2. The lowest BCUT2D eigenvalue weighted by molar-refractivity contribution is -0.123. The summed E-state index contributed by atoms with van der Waals surface area (Å²) in [6.07, 6.45) is 0.761. The minimum atomic E-state index is -0.447. The predicted octanol–water partition coefficient (Wildman–Crippen LogP) is 7.70. The first-order valence-corrected chi connectivity index (χ1v) is 18.9. The minimum absolute atomic E-state index is 0.0115. The molecule has 7 atom stereocenters. The molecule has 8 nitrogen and oxygen atoms in total.